The van der Waals surface area contributed by atoms with E-state index in [4.69, 9.17) is 11.6 Å². The van der Waals surface area contributed by atoms with E-state index in [2.05, 4.69) is 10.6 Å². The minimum atomic E-state index is -0.0101. The lowest BCUT2D eigenvalue weighted by Gasteiger charge is -2.23. The molecule has 4 nitrogen and oxygen atoms in total. The highest BCUT2D eigenvalue weighted by atomic mass is 35.5. The number of carbonyl (C=O) groups is 1. The van der Waals surface area contributed by atoms with Gasteiger partial charge < -0.3 is 15.5 Å². The van der Waals surface area contributed by atoms with Crippen LogP contribution in [0.3, 0.4) is 0 Å². The molecule has 0 aromatic heterocycles. The molecule has 0 spiro atoms. The fraction of sp³-hybridized carbons (Fsp3) is 0.533. The number of benzene rings is 1. The molecule has 1 aliphatic rings. The van der Waals surface area contributed by atoms with Crippen LogP contribution in [0, 0.1) is 5.92 Å². The monoisotopic (exact) mass is 295 g/mol. The van der Waals surface area contributed by atoms with Gasteiger partial charge in [-0.25, -0.2) is 0 Å². The van der Waals surface area contributed by atoms with E-state index in [-0.39, 0.29) is 5.91 Å². The van der Waals surface area contributed by atoms with E-state index < -0.39 is 0 Å². The van der Waals surface area contributed by atoms with Gasteiger partial charge >= 0.3 is 0 Å². The molecule has 2 N–H and O–H groups in total. The van der Waals surface area contributed by atoms with Crippen molar-refractivity contribution in [2.75, 3.05) is 39.0 Å². The normalized spacial score (nSPS) is 18.6. The summed E-state index contributed by atoms with van der Waals surface area (Å²) < 4.78 is 0. The lowest BCUT2D eigenvalue weighted by molar-refractivity contribution is 0.0827. The quantitative estimate of drug-likeness (QED) is 0.897. The van der Waals surface area contributed by atoms with Gasteiger partial charge in [0, 0.05) is 26.2 Å². The van der Waals surface area contributed by atoms with Crippen LogP contribution in [0.25, 0.3) is 0 Å². The van der Waals surface area contributed by atoms with Crippen LogP contribution in [0.1, 0.15) is 23.2 Å². The lowest BCUT2D eigenvalue weighted by atomic mass is 9.99. The largest absolute Gasteiger partial charge is 0.383 e. The van der Waals surface area contributed by atoms with Gasteiger partial charge in [0.1, 0.15) is 0 Å². The summed E-state index contributed by atoms with van der Waals surface area (Å²) in [6.07, 6.45) is 2.45. The number of hydrogen-bond acceptors (Lipinski definition) is 3. The van der Waals surface area contributed by atoms with Crippen molar-refractivity contribution in [1.29, 1.82) is 0 Å². The van der Waals surface area contributed by atoms with Crippen molar-refractivity contribution < 1.29 is 4.79 Å². The highest BCUT2D eigenvalue weighted by Crippen LogP contribution is 2.24. The molecule has 1 heterocycles. The highest BCUT2D eigenvalue weighted by Gasteiger charge is 2.14. The predicted molar refractivity (Wildman–Crippen MR) is 83.6 cm³/mol. The first-order valence-corrected chi connectivity index (χ1v) is 7.41. The average molecular weight is 296 g/mol. The van der Waals surface area contributed by atoms with Crippen LogP contribution in [0.5, 0.6) is 0 Å². The van der Waals surface area contributed by atoms with Crippen molar-refractivity contribution in [3.05, 3.63) is 28.8 Å². The summed E-state index contributed by atoms with van der Waals surface area (Å²) >= 11 is 6.20. The molecule has 5 heteroatoms. The minimum Gasteiger partial charge on any atom is -0.383 e. The third-order valence-corrected chi connectivity index (χ3v) is 3.93. The minimum absolute atomic E-state index is 0.0101. The second-order valence-corrected chi connectivity index (χ2v) is 5.89. The number of amides is 1. The van der Waals surface area contributed by atoms with E-state index >= 15 is 0 Å². The van der Waals surface area contributed by atoms with E-state index in [1.54, 1.807) is 31.1 Å². The third-order valence-electron chi connectivity index (χ3n) is 3.60. The van der Waals surface area contributed by atoms with Crippen molar-refractivity contribution >= 4 is 23.2 Å². The van der Waals surface area contributed by atoms with Crippen LogP contribution >= 0.6 is 11.6 Å². The van der Waals surface area contributed by atoms with E-state index in [1.165, 1.54) is 12.8 Å². The van der Waals surface area contributed by atoms with Crippen LogP contribution in [-0.2, 0) is 0 Å². The summed E-state index contributed by atoms with van der Waals surface area (Å²) in [5.41, 5.74) is 1.49. The van der Waals surface area contributed by atoms with Crippen LogP contribution in [0.4, 0.5) is 5.69 Å². The molecule has 0 bridgehead atoms. The Morgan fingerprint density at radius 3 is 2.95 bits per heavy atom. The molecule has 1 aromatic carbocycles. The van der Waals surface area contributed by atoms with Gasteiger partial charge in [-0.1, -0.05) is 11.6 Å². The summed E-state index contributed by atoms with van der Waals surface area (Å²) in [5.74, 6) is 0.608. The number of rotatable bonds is 4. The van der Waals surface area contributed by atoms with Gasteiger partial charge in [0.25, 0.3) is 5.91 Å². The summed E-state index contributed by atoms with van der Waals surface area (Å²) in [4.78, 5) is 13.5. The Bertz CT molecular complexity index is 470. The fourth-order valence-corrected chi connectivity index (χ4v) is 2.59. The Morgan fingerprint density at radius 1 is 1.50 bits per heavy atom. The summed E-state index contributed by atoms with van der Waals surface area (Å²) in [7, 11) is 3.50. The smallest absolute Gasteiger partial charge is 0.253 e. The molecule has 0 radical (unpaired) electrons. The lowest BCUT2D eigenvalue weighted by Crippen LogP contribution is -2.33. The summed E-state index contributed by atoms with van der Waals surface area (Å²) in [6, 6.07) is 5.37. The average Bonchev–Trinajstić information content (AvgIpc) is 2.46. The second-order valence-electron chi connectivity index (χ2n) is 5.49. The van der Waals surface area contributed by atoms with Crippen LogP contribution in [-0.4, -0.2) is 44.5 Å². The van der Waals surface area contributed by atoms with Crippen molar-refractivity contribution in [2.24, 2.45) is 5.92 Å². The number of anilines is 1. The van der Waals surface area contributed by atoms with Crippen molar-refractivity contribution in [3.8, 4) is 0 Å². The molecule has 110 valence electrons. The highest BCUT2D eigenvalue weighted by molar-refractivity contribution is 6.33. The molecule has 1 unspecified atom stereocenters. The number of halogens is 1. The molecule has 0 saturated carbocycles. The maximum atomic E-state index is 12.0. The molecular weight excluding hydrogens is 274 g/mol. The molecule has 1 fully saturated rings. The number of nitrogens with one attached hydrogen (secondary N) is 2. The number of carbonyl (C=O) groups excluding carboxylic acids is 1. The van der Waals surface area contributed by atoms with Crippen LogP contribution < -0.4 is 10.6 Å². The Balaban J connectivity index is 2.02. The van der Waals surface area contributed by atoms with Gasteiger partial charge in [-0.05, 0) is 50.0 Å². The van der Waals surface area contributed by atoms with Crippen LogP contribution in [0.2, 0.25) is 5.02 Å². The SMILES string of the molecule is CN(C)C(=O)c1ccc(Cl)c(NCC2CCCNC2)c1. The molecule has 1 aliphatic heterocycles. The van der Waals surface area contributed by atoms with E-state index in [9.17, 15) is 4.79 Å². The first-order valence-electron chi connectivity index (χ1n) is 7.03. The van der Waals surface area contributed by atoms with Gasteiger partial charge in [-0.3, -0.25) is 4.79 Å². The van der Waals surface area contributed by atoms with Gasteiger partial charge in [0.2, 0.25) is 0 Å². The van der Waals surface area contributed by atoms with Crippen molar-refractivity contribution in [2.45, 2.75) is 12.8 Å². The number of piperidine rings is 1. The zero-order valence-electron chi connectivity index (χ0n) is 12.1. The standard InChI is InChI=1S/C15H22ClN3O/c1-19(2)15(20)12-5-6-13(16)14(8-12)18-10-11-4-3-7-17-9-11/h5-6,8,11,17-18H,3-4,7,9-10H2,1-2H3. The van der Waals surface area contributed by atoms with Gasteiger partial charge in [0.15, 0.2) is 0 Å². The third kappa shape index (κ3) is 3.87. The molecule has 20 heavy (non-hydrogen) atoms. The Labute approximate surface area is 125 Å². The molecule has 1 atom stereocenters. The molecule has 2 rings (SSSR count). The van der Waals surface area contributed by atoms with Crippen LogP contribution in [0.15, 0.2) is 18.2 Å². The summed E-state index contributed by atoms with van der Waals surface area (Å²) in [5, 5.41) is 7.43. The van der Waals surface area contributed by atoms with Gasteiger partial charge in [-0.2, -0.15) is 0 Å². The Kier molecular flexibility index (Phi) is 5.26. The number of hydrogen-bond donors (Lipinski definition) is 2. The van der Waals surface area contributed by atoms with Gasteiger partial charge in [0.05, 0.1) is 10.7 Å². The number of nitrogens with zero attached hydrogens (tertiary/aromatic N) is 1. The molecule has 1 saturated heterocycles. The Hall–Kier alpha value is -1.26. The van der Waals surface area contributed by atoms with E-state index in [0.717, 1.165) is 25.3 Å². The van der Waals surface area contributed by atoms with Crippen molar-refractivity contribution in [1.82, 2.24) is 10.2 Å². The first kappa shape index (κ1) is 15.1. The molecule has 1 aromatic rings. The Morgan fingerprint density at radius 2 is 2.30 bits per heavy atom. The summed E-state index contributed by atoms with van der Waals surface area (Å²) in [6.45, 7) is 3.04. The maximum absolute atomic E-state index is 12.0. The van der Waals surface area contributed by atoms with Crippen molar-refractivity contribution in [3.63, 3.8) is 0 Å². The molecular formula is C15H22ClN3O. The fourth-order valence-electron chi connectivity index (χ4n) is 2.40. The molecule has 1 amide bonds. The van der Waals surface area contributed by atoms with E-state index in [0.29, 0.717) is 16.5 Å². The topological polar surface area (TPSA) is 44.4 Å². The van der Waals surface area contributed by atoms with Gasteiger partial charge in [-0.15, -0.1) is 0 Å². The predicted octanol–water partition coefficient (Wildman–Crippen LogP) is 2.45. The maximum Gasteiger partial charge on any atom is 0.253 e. The zero-order valence-corrected chi connectivity index (χ0v) is 12.8. The second kappa shape index (κ2) is 6.95. The van der Waals surface area contributed by atoms with E-state index in [1.807, 2.05) is 6.07 Å². The zero-order chi connectivity index (χ0) is 14.5. The molecule has 0 aliphatic carbocycles. The first-order chi connectivity index (χ1) is 9.58.